The molecule has 10 heteroatoms. The van der Waals surface area contributed by atoms with Crippen molar-refractivity contribution in [3.63, 3.8) is 0 Å². The molecule has 0 spiro atoms. The number of rotatable bonds is 2. The predicted molar refractivity (Wildman–Crippen MR) is 84.7 cm³/mol. The van der Waals surface area contributed by atoms with Gasteiger partial charge in [-0.3, -0.25) is 9.98 Å². The first-order chi connectivity index (χ1) is 12.2. The van der Waals surface area contributed by atoms with E-state index in [1.165, 1.54) is 6.07 Å². The summed E-state index contributed by atoms with van der Waals surface area (Å²) in [5, 5.41) is 0. The molecule has 1 aromatic heterocycles. The standard InChI is InChI=1S/C11H11F3N3O.C5H3F2N/c12-8-2-1-6(15)3-7(8)11(10(13)14)5-18-4-9(16)17-11;6-4-1-5(7)3-8-2-4/h1-3,10,15H,4-5H2,(H2,16,17);1-3H/q-1;. The average Bonchev–Trinajstić information content (AvgIpc) is 2.57. The summed E-state index contributed by atoms with van der Waals surface area (Å²) < 4.78 is 68.9. The van der Waals surface area contributed by atoms with Crippen LogP contribution >= 0.6 is 0 Å². The zero-order valence-corrected chi connectivity index (χ0v) is 13.2. The number of hydrogen-bond acceptors (Lipinski definition) is 4. The van der Waals surface area contributed by atoms with Gasteiger partial charge >= 0.3 is 0 Å². The van der Waals surface area contributed by atoms with Crippen molar-refractivity contribution in [1.82, 2.24) is 4.98 Å². The van der Waals surface area contributed by atoms with Crippen molar-refractivity contribution in [2.24, 2.45) is 10.7 Å². The molecule has 1 unspecified atom stereocenters. The highest BCUT2D eigenvalue weighted by Gasteiger charge is 2.46. The molecule has 1 atom stereocenters. The maximum Gasteiger partial charge on any atom is 0.269 e. The number of ether oxygens (including phenoxy) is 1. The number of amidine groups is 1. The van der Waals surface area contributed by atoms with E-state index in [0.29, 0.717) is 0 Å². The van der Waals surface area contributed by atoms with Crippen molar-refractivity contribution in [3.05, 3.63) is 65.4 Å². The van der Waals surface area contributed by atoms with Crippen molar-refractivity contribution < 1.29 is 26.7 Å². The number of aliphatic imine (C=N–C) groups is 1. The molecule has 0 radical (unpaired) electrons. The first-order valence-electron chi connectivity index (χ1n) is 7.22. The molecular formula is C16H14F5N4O-. The second-order valence-corrected chi connectivity index (χ2v) is 5.34. The lowest BCUT2D eigenvalue weighted by atomic mass is 9.90. The molecule has 3 rings (SSSR count). The number of alkyl halides is 2. The first-order valence-corrected chi connectivity index (χ1v) is 7.22. The van der Waals surface area contributed by atoms with Crippen LogP contribution in [0.5, 0.6) is 0 Å². The molecular weight excluding hydrogens is 359 g/mol. The Morgan fingerprint density at radius 3 is 2.27 bits per heavy atom. The quantitative estimate of drug-likeness (QED) is 0.815. The number of nitrogens with one attached hydrogen (secondary N) is 1. The second kappa shape index (κ2) is 8.09. The van der Waals surface area contributed by atoms with Gasteiger partial charge in [0.15, 0.2) is 5.54 Å². The normalized spacial score (nSPS) is 19.5. The summed E-state index contributed by atoms with van der Waals surface area (Å²) in [6, 6.07) is 3.93. The fourth-order valence-corrected chi connectivity index (χ4v) is 2.24. The topological polar surface area (TPSA) is 84.3 Å². The van der Waals surface area contributed by atoms with Crippen molar-refractivity contribution in [1.29, 1.82) is 0 Å². The van der Waals surface area contributed by atoms with Crippen LogP contribution in [0.25, 0.3) is 5.73 Å². The van der Waals surface area contributed by atoms with E-state index in [0.717, 1.165) is 30.6 Å². The molecule has 0 bridgehead atoms. The second-order valence-electron chi connectivity index (χ2n) is 5.34. The van der Waals surface area contributed by atoms with Crippen LogP contribution in [0.15, 0.2) is 41.7 Å². The molecule has 0 saturated heterocycles. The van der Waals surface area contributed by atoms with Crippen LogP contribution in [0.2, 0.25) is 0 Å². The van der Waals surface area contributed by atoms with Gasteiger partial charge in [-0.15, -0.1) is 5.69 Å². The van der Waals surface area contributed by atoms with Gasteiger partial charge in [-0.1, -0.05) is 12.1 Å². The summed E-state index contributed by atoms with van der Waals surface area (Å²) >= 11 is 0. The fraction of sp³-hybridized carbons (Fsp3) is 0.250. The third kappa shape index (κ3) is 4.45. The van der Waals surface area contributed by atoms with Crippen LogP contribution in [0.3, 0.4) is 0 Å². The van der Waals surface area contributed by atoms with E-state index in [1.54, 1.807) is 0 Å². The highest BCUT2D eigenvalue weighted by molar-refractivity contribution is 5.82. The SMILES string of the molecule is Fc1cncc(F)c1.[NH-]c1ccc(F)c(C2(C(F)F)COCC(N)=N2)c1. The highest BCUT2D eigenvalue weighted by atomic mass is 19.3. The van der Waals surface area contributed by atoms with Crippen molar-refractivity contribution in [2.45, 2.75) is 12.0 Å². The van der Waals surface area contributed by atoms with Crippen molar-refractivity contribution >= 4 is 11.5 Å². The number of benzene rings is 1. The first kappa shape index (κ1) is 19.6. The summed E-state index contributed by atoms with van der Waals surface area (Å²) in [5.41, 5.74) is 10.2. The zero-order valence-electron chi connectivity index (χ0n) is 13.2. The number of aromatic nitrogens is 1. The van der Waals surface area contributed by atoms with Gasteiger partial charge in [-0.25, -0.2) is 22.0 Å². The van der Waals surface area contributed by atoms with Crippen molar-refractivity contribution in [2.75, 3.05) is 13.2 Å². The van der Waals surface area contributed by atoms with Gasteiger partial charge in [0, 0.05) is 11.6 Å². The van der Waals surface area contributed by atoms with E-state index >= 15 is 0 Å². The number of nitrogens with two attached hydrogens (primary N) is 1. The summed E-state index contributed by atoms with van der Waals surface area (Å²) in [4.78, 5) is 6.92. The van der Waals surface area contributed by atoms with E-state index in [9.17, 15) is 22.0 Å². The van der Waals surface area contributed by atoms with Crippen LogP contribution in [-0.2, 0) is 10.3 Å². The Morgan fingerprint density at radius 2 is 1.77 bits per heavy atom. The maximum absolute atomic E-state index is 13.7. The summed E-state index contributed by atoms with van der Waals surface area (Å²) in [7, 11) is 0. The minimum absolute atomic E-state index is 0.0589. The fourth-order valence-electron chi connectivity index (χ4n) is 2.24. The van der Waals surface area contributed by atoms with Gasteiger partial charge in [0.2, 0.25) is 0 Å². The Bertz CT molecular complexity index is 785. The molecule has 140 valence electrons. The van der Waals surface area contributed by atoms with E-state index in [1.807, 2.05) is 0 Å². The van der Waals surface area contributed by atoms with Gasteiger partial charge in [-0.2, -0.15) is 0 Å². The summed E-state index contributed by atoms with van der Waals surface area (Å²) in [6.45, 7) is -0.525. The Hall–Kier alpha value is -2.75. The monoisotopic (exact) mass is 373 g/mol. The molecule has 1 aromatic carbocycles. The smallest absolute Gasteiger partial charge is 0.269 e. The van der Waals surface area contributed by atoms with Crippen LogP contribution in [-0.4, -0.2) is 30.5 Å². The van der Waals surface area contributed by atoms with E-state index in [4.69, 9.17) is 16.2 Å². The minimum Gasteiger partial charge on any atom is -0.699 e. The van der Waals surface area contributed by atoms with Crippen LogP contribution in [0.4, 0.5) is 27.6 Å². The van der Waals surface area contributed by atoms with Gasteiger partial charge < -0.3 is 16.2 Å². The maximum atomic E-state index is 13.7. The highest BCUT2D eigenvalue weighted by Crippen LogP contribution is 2.38. The van der Waals surface area contributed by atoms with Gasteiger partial charge in [0.1, 0.15) is 29.9 Å². The Labute approximate surface area is 145 Å². The molecule has 0 amide bonds. The number of pyridine rings is 1. The number of halogens is 5. The molecule has 0 saturated carbocycles. The lowest BCUT2D eigenvalue weighted by molar-refractivity contribution is -0.0145. The van der Waals surface area contributed by atoms with Crippen LogP contribution in [0, 0.1) is 17.5 Å². The third-order valence-electron chi connectivity index (χ3n) is 3.38. The number of nitrogens with zero attached hydrogens (tertiary/aromatic N) is 2. The van der Waals surface area contributed by atoms with Gasteiger partial charge in [0.25, 0.3) is 6.43 Å². The molecule has 26 heavy (non-hydrogen) atoms. The van der Waals surface area contributed by atoms with Crippen LogP contribution in [0.1, 0.15) is 5.56 Å². The lowest BCUT2D eigenvalue weighted by Gasteiger charge is -2.33. The minimum atomic E-state index is -2.98. The Morgan fingerprint density at radius 1 is 1.12 bits per heavy atom. The Kier molecular flexibility index (Phi) is 6.09. The number of hydrogen-bond donors (Lipinski definition) is 1. The van der Waals surface area contributed by atoms with E-state index in [2.05, 4.69) is 9.98 Å². The average molecular weight is 373 g/mol. The van der Waals surface area contributed by atoms with Gasteiger partial charge in [0.05, 0.1) is 19.0 Å². The molecule has 0 aliphatic carbocycles. The largest absolute Gasteiger partial charge is 0.699 e. The molecule has 2 aromatic rings. The molecule has 1 aliphatic heterocycles. The third-order valence-corrected chi connectivity index (χ3v) is 3.38. The van der Waals surface area contributed by atoms with E-state index in [-0.39, 0.29) is 23.7 Å². The lowest BCUT2D eigenvalue weighted by Crippen LogP contribution is -2.45. The predicted octanol–water partition coefficient (Wildman–Crippen LogP) is 3.72. The van der Waals surface area contributed by atoms with E-state index < -0.39 is 36.0 Å². The molecule has 2 heterocycles. The molecule has 3 N–H and O–H groups in total. The summed E-state index contributed by atoms with van der Waals surface area (Å²) in [6.07, 6.45) is -1.08. The summed E-state index contributed by atoms with van der Waals surface area (Å²) in [5.74, 6) is -2.26. The molecule has 1 aliphatic rings. The molecule has 0 fully saturated rings. The van der Waals surface area contributed by atoms with Crippen molar-refractivity contribution in [3.8, 4) is 0 Å². The molecule has 5 nitrogen and oxygen atoms in total. The van der Waals surface area contributed by atoms with Gasteiger partial charge in [-0.05, 0) is 6.07 Å². The zero-order chi connectivity index (χ0) is 19.3. The van der Waals surface area contributed by atoms with Crippen LogP contribution < -0.4 is 5.73 Å². The Balaban J connectivity index is 0.000000254.